The molecule has 1 unspecified atom stereocenters. The standard InChI is InChI=1S/C23H29ClN2O4/c1-15(26(23(25)27)11-12-30-14-16-7-5-4-6-8-16)18-13-19(28-2)20(17-9-10-17)22(29-3)21(18)24/h4-8,13,15,17H,9-12,14H2,1-3H3,(H2,25,27). The van der Waals surface area contributed by atoms with Gasteiger partial charge in [0, 0.05) is 17.7 Å². The lowest BCUT2D eigenvalue weighted by Gasteiger charge is -2.30. The summed E-state index contributed by atoms with van der Waals surface area (Å²) in [6.45, 7) is 3.06. The second-order valence-electron chi connectivity index (χ2n) is 7.45. The number of nitrogens with two attached hydrogens (primary N) is 1. The maximum atomic E-state index is 12.2. The minimum Gasteiger partial charge on any atom is -0.496 e. The molecule has 2 N–H and O–H groups in total. The quantitative estimate of drug-likeness (QED) is 0.542. The zero-order valence-electron chi connectivity index (χ0n) is 17.7. The van der Waals surface area contributed by atoms with Gasteiger partial charge in [-0.25, -0.2) is 4.79 Å². The van der Waals surface area contributed by atoms with E-state index in [1.54, 1.807) is 19.1 Å². The van der Waals surface area contributed by atoms with Gasteiger partial charge in [-0.1, -0.05) is 41.9 Å². The van der Waals surface area contributed by atoms with Crippen molar-refractivity contribution in [3.63, 3.8) is 0 Å². The highest BCUT2D eigenvalue weighted by Crippen LogP contribution is 2.52. The van der Waals surface area contributed by atoms with Crippen LogP contribution in [0.5, 0.6) is 11.5 Å². The molecular weight excluding hydrogens is 404 g/mol. The third kappa shape index (κ3) is 4.99. The third-order valence-electron chi connectivity index (χ3n) is 5.45. The highest BCUT2D eigenvalue weighted by Gasteiger charge is 2.34. The third-order valence-corrected chi connectivity index (χ3v) is 5.84. The highest BCUT2D eigenvalue weighted by molar-refractivity contribution is 6.33. The molecule has 30 heavy (non-hydrogen) atoms. The molecule has 1 atom stereocenters. The van der Waals surface area contributed by atoms with E-state index < -0.39 is 6.03 Å². The van der Waals surface area contributed by atoms with Crippen molar-refractivity contribution in [1.82, 2.24) is 4.90 Å². The zero-order chi connectivity index (χ0) is 21.7. The lowest BCUT2D eigenvalue weighted by Crippen LogP contribution is -2.40. The summed E-state index contributed by atoms with van der Waals surface area (Å²) < 4.78 is 17.0. The first-order valence-corrected chi connectivity index (χ1v) is 10.5. The molecule has 2 aromatic rings. The second kappa shape index (κ2) is 10.0. The number of hydrogen-bond acceptors (Lipinski definition) is 4. The summed E-state index contributed by atoms with van der Waals surface area (Å²) in [5.74, 6) is 1.74. The van der Waals surface area contributed by atoms with Crippen LogP contribution in [0, 0.1) is 0 Å². The number of ether oxygens (including phenoxy) is 3. The number of rotatable bonds is 10. The maximum Gasteiger partial charge on any atom is 0.315 e. The Morgan fingerprint density at radius 3 is 2.50 bits per heavy atom. The molecule has 0 aliphatic heterocycles. The molecule has 2 aromatic carbocycles. The van der Waals surface area contributed by atoms with E-state index in [4.69, 9.17) is 31.5 Å². The lowest BCUT2D eigenvalue weighted by atomic mass is 10.00. The molecule has 3 rings (SSSR count). The number of carbonyl (C=O) groups is 1. The first kappa shape index (κ1) is 22.2. The van der Waals surface area contributed by atoms with Crippen molar-refractivity contribution in [1.29, 1.82) is 0 Å². The molecular formula is C23H29ClN2O4. The van der Waals surface area contributed by atoms with Gasteiger partial charge < -0.3 is 24.8 Å². The molecule has 162 valence electrons. The Morgan fingerprint density at radius 2 is 1.93 bits per heavy atom. The van der Waals surface area contributed by atoms with Crippen LogP contribution in [0.25, 0.3) is 0 Å². The van der Waals surface area contributed by atoms with Crippen LogP contribution in [0.2, 0.25) is 5.02 Å². The molecule has 7 heteroatoms. The predicted molar refractivity (Wildman–Crippen MR) is 117 cm³/mol. The molecule has 0 heterocycles. The molecule has 2 amide bonds. The van der Waals surface area contributed by atoms with Crippen LogP contribution >= 0.6 is 11.6 Å². The van der Waals surface area contributed by atoms with E-state index in [1.165, 1.54) is 0 Å². The van der Waals surface area contributed by atoms with Gasteiger partial charge in [-0.3, -0.25) is 0 Å². The Hall–Kier alpha value is -2.44. The summed E-state index contributed by atoms with van der Waals surface area (Å²) in [5.41, 5.74) is 8.48. The Bertz CT molecular complexity index is 871. The summed E-state index contributed by atoms with van der Waals surface area (Å²) in [4.78, 5) is 13.7. The van der Waals surface area contributed by atoms with Crippen molar-refractivity contribution in [2.75, 3.05) is 27.4 Å². The minimum absolute atomic E-state index is 0.342. The van der Waals surface area contributed by atoms with E-state index in [1.807, 2.05) is 43.3 Å². The van der Waals surface area contributed by atoms with Gasteiger partial charge >= 0.3 is 6.03 Å². The summed E-state index contributed by atoms with van der Waals surface area (Å²) in [7, 11) is 3.23. The maximum absolute atomic E-state index is 12.2. The summed E-state index contributed by atoms with van der Waals surface area (Å²) in [6.07, 6.45) is 2.17. The number of primary amides is 1. The number of nitrogens with zero attached hydrogens (tertiary/aromatic N) is 1. The van der Waals surface area contributed by atoms with Gasteiger partial charge in [0.2, 0.25) is 0 Å². The van der Waals surface area contributed by atoms with E-state index in [-0.39, 0.29) is 6.04 Å². The van der Waals surface area contributed by atoms with Crippen molar-refractivity contribution in [3.8, 4) is 11.5 Å². The molecule has 1 aliphatic carbocycles. The first-order chi connectivity index (χ1) is 14.5. The van der Waals surface area contributed by atoms with Crippen LogP contribution in [-0.4, -0.2) is 38.3 Å². The largest absolute Gasteiger partial charge is 0.496 e. The van der Waals surface area contributed by atoms with Crippen molar-refractivity contribution in [2.45, 2.75) is 38.3 Å². The topological polar surface area (TPSA) is 74.0 Å². The lowest BCUT2D eigenvalue weighted by molar-refractivity contribution is 0.0914. The van der Waals surface area contributed by atoms with E-state index >= 15 is 0 Å². The van der Waals surface area contributed by atoms with Crippen LogP contribution in [-0.2, 0) is 11.3 Å². The van der Waals surface area contributed by atoms with Crippen molar-refractivity contribution in [2.24, 2.45) is 5.73 Å². The van der Waals surface area contributed by atoms with Gasteiger partial charge in [-0.2, -0.15) is 0 Å². The van der Waals surface area contributed by atoms with Crippen LogP contribution < -0.4 is 15.2 Å². The Kier molecular flexibility index (Phi) is 7.45. The van der Waals surface area contributed by atoms with Gasteiger partial charge in [0.1, 0.15) is 11.5 Å². The minimum atomic E-state index is -0.536. The van der Waals surface area contributed by atoms with Crippen LogP contribution in [0.15, 0.2) is 36.4 Å². The zero-order valence-corrected chi connectivity index (χ0v) is 18.4. The molecule has 0 aromatic heterocycles. The van der Waals surface area contributed by atoms with E-state index in [0.29, 0.717) is 36.4 Å². The molecule has 1 fully saturated rings. The predicted octanol–water partition coefficient (Wildman–Crippen LogP) is 4.89. The second-order valence-corrected chi connectivity index (χ2v) is 7.83. The first-order valence-electron chi connectivity index (χ1n) is 10.1. The Labute approximate surface area is 182 Å². The Balaban J connectivity index is 1.76. The number of hydrogen-bond donors (Lipinski definition) is 1. The summed E-state index contributed by atoms with van der Waals surface area (Å²) in [6, 6.07) is 10.9. The number of methoxy groups -OCH3 is 2. The smallest absolute Gasteiger partial charge is 0.315 e. The monoisotopic (exact) mass is 432 g/mol. The molecule has 0 saturated heterocycles. The SMILES string of the molecule is COc1cc(C(C)N(CCOCc2ccccc2)C(N)=O)c(Cl)c(OC)c1C1CC1. The highest BCUT2D eigenvalue weighted by atomic mass is 35.5. The fraction of sp³-hybridized carbons (Fsp3) is 0.435. The number of carbonyl (C=O) groups excluding carboxylic acids is 1. The van der Waals surface area contributed by atoms with Crippen molar-refractivity contribution < 1.29 is 19.0 Å². The van der Waals surface area contributed by atoms with Gasteiger partial charge in [0.15, 0.2) is 0 Å². The van der Waals surface area contributed by atoms with E-state index in [2.05, 4.69) is 0 Å². The Morgan fingerprint density at radius 1 is 1.23 bits per heavy atom. The van der Waals surface area contributed by atoms with Crippen LogP contribution in [0.3, 0.4) is 0 Å². The van der Waals surface area contributed by atoms with Gasteiger partial charge in [-0.05, 0) is 37.3 Å². The normalized spacial score (nSPS) is 14.3. The van der Waals surface area contributed by atoms with Gasteiger partial charge in [0.05, 0.1) is 38.5 Å². The van der Waals surface area contributed by atoms with Crippen LogP contribution in [0.1, 0.15) is 48.4 Å². The molecule has 1 saturated carbocycles. The van der Waals surface area contributed by atoms with E-state index in [0.717, 1.165) is 35.3 Å². The van der Waals surface area contributed by atoms with E-state index in [9.17, 15) is 4.79 Å². The number of halogens is 1. The van der Waals surface area contributed by atoms with Gasteiger partial charge in [0.25, 0.3) is 0 Å². The average molecular weight is 433 g/mol. The fourth-order valence-electron chi connectivity index (χ4n) is 3.66. The molecule has 6 nitrogen and oxygen atoms in total. The average Bonchev–Trinajstić information content (AvgIpc) is 3.58. The molecule has 0 bridgehead atoms. The number of amides is 2. The van der Waals surface area contributed by atoms with Gasteiger partial charge in [-0.15, -0.1) is 0 Å². The number of urea groups is 1. The van der Waals surface area contributed by atoms with Crippen molar-refractivity contribution >= 4 is 17.6 Å². The summed E-state index contributed by atoms with van der Waals surface area (Å²) in [5, 5.41) is 0.490. The van der Waals surface area contributed by atoms with Crippen molar-refractivity contribution in [3.05, 3.63) is 58.1 Å². The number of benzene rings is 2. The summed E-state index contributed by atoms with van der Waals surface area (Å²) >= 11 is 6.71. The molecule has 0 radical (unpaired) electrons. The fourth-order valence-corrected chi connectivity index (χ4v) is 4.06. The van der Waals surface area contributed by atoms with Crippen LogP contribution in [0.4, 0.5) is 4.79 Å². The molecule has 1 aliphatic rings. The molecule has 0 spiro atoms.